The van der Waals surface area contributed by atoms with Crippen LogP contribution >= 0.6 is 0 Å². The summed E-state index contributed by atoms with van der Waals surface area (Å²) in [4.78, 5) is 10.1. The number of rotatable bonds is 6. The summed E-state index contributed by atoms with van der Waals surface area (Å²) in [7, 11) is 0. The molecule has 3 aromatic heterocycles. The summed E-state index contributed by atoms with van der Waals surface area (Å²) in [5.74, 6) is 0.648. The predicted octanol–water partition coefficient (Wildman–Crippen LogP) is 13.6. The van der Waals surface area contributed by atoms with Gasteiger partial charge in [0.05, 0.1) is 27.8 Å². The van der Waals surface area contributed by atoms with Crippen molar-refractivity contribution in [1.29, 1.82) is 0 Å². The fraction of sp³-hybridized carbons (Fsp3) is 0.0189. The van der Waals surface area contributed by atoms with Gasteiger partial charge in [-0.3, -0.25) is 4.57 Å². The van der Waals surface area contributed by atoms with Gasteiger partial charge in [0, 0.05) is 39.0 Å². The Balaban J connectivity index is 0.978. The van der Waals surface area contributed by atoms with Crippen LogP contribution < -0.4 is 0 Å². The van der Waals surface area contributed by atoms with Gasteiger partial charge in [0.2, 0.25) is 5.95 Å². The van der Waals surface area contributed by atoms with Gasteiger partial charge in [-0.2, -0.15) is 0 Å². The summed E-state index contributed by atoms with van der Waals surface area (Å²) in [6.07, 6.45) is 1.87. The Morgan fingerprint density at radius 3 is 1.63 bits per heavy atom. The molecule has 0 bridgehead atoms. The van der Waals surface area contributed by atoms with Gasteiger partial charge in [-0.1, -0.05) is 133 Å². The van der Waals surface area contributed by atoms with E-state index in [1.807, 2.05) is 12.3 Å². The highest BCUT2D eigenvalue weighted by atomic mass is 15.2. The van der Waals surface area contributed by atoms with Crippen molar-refractivity contribution in [3.63, 3.8) is 0 Å². The number of aromatic nitrogens is 4. The molecular formula is C53H36N4. The van der Waals surface area contributed by atoms with Gasteiger partial charge in [-0.15, -0.1) is 0 Å². The van der Waals surface area contributed by atoms with Crippen molar-refractivity contribution in [2.45, 2.75) is 6.92 Å². The molecule has 4 heteroatoms. The van der Waals surface area contributed by atoms with E-state index < -0.39 is 0 Å². The third-order valence-corrected chi connectivity index (χ3v) is 11.4. The number of aryl methyl sites for hydroxylation is 1. The van der Waals surface area contributed by atoms with E-state index in [2.05, 4.69) is 204 Å². The Morgan fingerprint density at radius 1 is 0.368 bits per heavy atom. The Kier molecular flexibility index (Phi) is 7.68. The van der Waals surface area contributed by atoms with Gasteiger partial charge in [0.15, 0.2) is 0 Å². The zero-order valence-electron chi connectivity index (χ0n) is 31.3. The molecule has 0 aliphatic heterocycles. The number of fused-ring (bicyclic) bond motifs is 6. The van der Waals surface area contributed by atoms with Gasteiger partial charge < -0.3 is 4.57 Å². The smallest absolute Gasteiger partial charge is 0.235 e. The molecule has 4 nitrogen and oxygen atoms in total. The Hall–Kier alpha value is -7.56. The van der Waals surface area contributed by atoms with Crippen LogP contribution in [0.25, 0.3) is 99.9 Å². The SMILES string of the molecule is Cc1ccccc1-c1ccc(-c2cccc(-c3ccnc(-n4c5ccccc5c5cc(-c6ccc7c(c6)c6ccccc6n7-c6ccccc6)ccc54)n3)c2)cc1. The first-order valence-corrected chi connectivity index (χ1v) is 19.4. The van der Waals surface area contributed by atoms with Crippen LogP contribution in [0, 0.1) is 6.92 Å². The van der Waals surface area contributed by atoms with Gasteiger partial charge in [-0.25, -0.2) is 9.97 Å². The van der Waals surface area contributed by atoms with Crippen molar-refractivity contribution in [3.8, 4) is 56.3 Å². The van der Waals surface area contributed by atoms with Crippen LogP contribution in [0.5, 0.6) is 0 Å². The van der Waals surface area contributed by atoms with Gasteiger partial charge in [0.1, 0.15) is 0 Å². The molecule has 57 heavy (non-hydrogen) atoms. The van der Waals surface area contributed by atoms with Crippen LogP contribution in [-0.4, -0.2) is 19.1 Å². The zero-order valence-corrected chi connectivity index (χ0v) is 31.3. The highest BCUT2D eigenvalue weighted by Crippen LogP contribution is 2.38. The van der Waals surface area contributed by atoms with Crippen molar-refractivity contribution in [2.24, 2.45) is 0 Å². The maximum Gasteiger partial charge on any atom is 0.235 e. The van der Waals surface area contributed by atoms with Crippen molar-refractivity contribution >= 4 is 43.6 Å². The van der Waals surface area contributed by atoms with Crippen LogP contribution in [0.4, 0.5) is 0 Å². The summed E-state index contributed by atoms with van der Waals surface area (Å²) in [6, 6.07) is 69.5. The van der Waals surface area contributed by atoms with Crippen LogP contribution in [0.2, 0.25) is 0 Å². The molecule has 0 spiro atoms. The van der Waals surface area contributed by atoms with Crippen molar-refractivity contribution in [3.05, 3.63) is 206 Å². The summed E-state index contributed by atoms with van der Waals surface area (Å²) < 4.78 is 4.56. The molecule has 0 aliphatic carbocycles. The van der Waals surface area contributed by atoms with Gasteiger partial charge in [0.25, 0.3) is 0 Å². The second-order valence-corrected chi connectivity index (χ2v) is 14.7. The number of benzene rings is 8. The molecule has 11 aromatic rings. The second-order valence-electron chi connectivity index (χ2n) is 14.7. The maximum atomic E-state index is 5.20. The lowest BCUT2D eigenvalue weighted by Crippen LogP contribution is -2.01. The average Bonchev–Trinajstić information content (AvgIpc) is 3.79. The average molecular weight is 729 g/mol. The molecule has 0 radical (unpaired) electrons. The van der Waals surface area contributed by atoms with E-state index in [0.717, 1.165) is 33.5 Å². The third-order valence-electron chi connectivity index (χ3n) is 11.4. The molecule has 0 fully saturated rings. The minimum absolute atomic E-state index is 0.648. The van der Waals surface area contributed by atoms with E-state index in [9.17, 15) is 0 Å². The molecule has 0 aliphatic rings. The fourth-order valence-corrected chi connectivity index (χ4v) is 8.59. The van der Waals surface area contributed by atoms with E-state index in [4.69, 9.17) is 9.97 Å². The number of hydrogen-bond donors (Lipinski definition) is 0. The largest absolute Gasteiger partial charge is 0.309 e. The van der Waals surface area contributed by atoms with Crippen LogP contribution in [0.15, 0.2) is 200 Å². The summed E-state index contributed by atoms with van der Waals surface area (Å²) in [6.45, 7) is 2.16. The molecule has 268 valence electrons. The zero-order chi connectivity index (χ0) is 37.9. The normalized spacial score (nSPS) is 11.6. The van der Waals surface area contributed by atoms with E-state index in [0.29, 0.717) is 5.95 Å². The monoisotopic (exact) mass is 728 g/mol. The van der Waals surface area contributed by atoms with E-state index in [1.54, 1.807) is 0 Å². The first-order chi connectivity index (χ1) is 28.2. The van der Waals surface area contributed by atoms with Crippen molar-refractivity contribution in [1.82, 2.24) is 19.1 Å². The van der Waals surface area contributed by atoms with Crippen molar-refractivity contribution < 1.29 is 0 Å². The molecular weight excluding hydrogens is 693 g/mol. The van der Waals surface area contributed by atoms with Crippen molar-refractivity contribution in [2.75, 3.05) is 0 Å². The Bertz CT molecular complexity index is 3300. The van der Waals surface area contributed by atoms with Gasteiger partial charge >= 0.3 is 0 Å². The highest BCUT2D eigenvalue weighted by Gasteiger charge is 2.17. The molecule has 3 heterocycles. The minimum atomic E-state index is 0.648. The maximum absolute atomic E-state index is 5.20. The first-order valence-electron chi connectivity index (χ1n) is 19.4. The summed E-state index contributed by atoms with van der Waals surface area (Å²) >= 11 is 0. The van der Waals surface area contributed by atoms with E-state index in [1.165, 1.54) is 66.0 Å². The molecule has 0 unspecified atom stereocenters. The molecule has 0 saturated carbocycles. The van der Waals surface area contributed by atoms with Crippen LogP contribution in [-0.2, 0) is 0 Å². The predicted molar refractivity (Wildman–Crippen MR) is 237 cm³/mol. The summed E-state index contributed by atoms with van der Waals surface area (Å²) in [5.41, 5.74) is 16.1. The van der Waals surface area contributed by atoms with E-state index in [-0.39, 0.29) is 0 Å². The lowest BCUT2D eigenvalue weighted by atomic mass is 9.96. The molecule has 0 amide bonds. The molecule has 11 rings (SSSR count). The Labute approximate surface area is 330 Å². The fourth-order valence-electron chi connectivity index (χ4n) is 8.59. The topological polar surface area (TPSA) is 35.6 Å². The lowest BCUT2D eigenvalue weighted by Gasteiger charge is -2.10. The second kappa shape index (κ2) is 13.3. The molecule has 0 atom stereocenters. The number of nitrogens with zero attached hydrogens (tertiary/aromatic N) is 4. The van der Waals surface area contributed by atoms with Crippen LogP contribution in [0.1, 0.15) is 5.56 Å². The minimum Gasteiger partial charge on any atom is -0.309 e. The number of hydrogen-bond acceptors (Lipinski definition) is 2. The molecule has 8 aromatic carbocycles. The number of para-hydroxylation sites is 3. The quantitative estimate of drug-likeness (QED) is 0.171. The first kappa shape index (κ1) is 32.8. The molecule has 0 N–H and O–H groups in total. The highest BCUT2D eigenvalue weighted by molar-refractivity contribution is 6.12. The molecule has 0 saturated heterocycles. The Morgan fingerprint density at radius 2 is 0.912 bits per heavy atom. The third kappa shape index (κ3) is 5.53. The van der Waals surface area contributed by atoms with E-state index >= 15 is 0 Å². The standard InChI is InChI=1S/C53H36N4/c1-35-12-5-6-17-43(35)37-24-22-36(23-25-37)38-13-11-14-41(32-38)48-30-31-54-53(55-48)57-50-21-10-8-19-45(50)47-34-40(27-29-52(47)57)39-26-28-51-46(33-39)44-18-7-9-20-49(44)56(51)42-15-3-2-4-16-42/h2-34H,1H3. The summed E-state index contributed by atoms with van der Waals surface area (Å²) in [5, 5.41) is 4.82. The van der Waals surface area contributed by atoms with Crippen LogP contribution in [0.3, 0.4) is 0 Å². The van der Waals surface area contributed by atoms with Gasteiger partial charge in [-0.05, 0) is 107 Å². The lowest BCUT2D eigenvalue weighted by molar-refractivity contribution is 0.992.